The van der Waals surface area contributed by atoms with E-state index in [1.807, 2.05) is 19.3 Å². The largest absolute Gasteiger partial charge is 0.317 e. The highest BCUT2D eigenvalue weighted by Crippen LogP contribution is 2.13. The molecule has 0 spiro atoms. The van der Waals surface area contributed by atoms with Crippen LogP contribution in [0.15, 0.2) is 42.1 Å². The molecule has 0 aliphatic carbocycles. The number of amidine groups is 1. The molecule has 0 unspecified atom stereocenters. The number of ketones is 1. The minimum Gasteiger partial charge on any atom is -0.317 e. The maximum atomic E-state index is 12.1. The van der Waals surface area contributed by atoms with Crippen molar-refractivity contribution in [1.82, 2.24) is 10.8 Å². The fraction of sp³-hybridized carbons (Fsp3) is 0.467. The topological polar surface area (TPSA) is 73.7 Å². The van der Waals surface area contributed by atoms with Gasteiger partial charge in [-0.3, -0.25) is 10.0 Å². The lowest BCUT2D eigenvalue weighted by Crippen LogP contribution is -2.39. The number of Topliss-reactive ketones (excluding diaryl/α,β-unsaturated/α-hetero) is 1. The number of allylic oxidation sites excluding steroid dienone is 3. The minimum atomic E-state index is -0.171. The summed E-state index contributed by atoms with van der Waals surface area (Å²) in [4.78, 5) is 16.2. The highest BCUT2D eigenvalue weighted by Gasteiger charge is 2.25. The zero-order valence-corrected chi connectivity index (χ0v) is 12.4. The van der Waals surface area contributed by atoms with E-state index in [-0.39, 0.29) is 17.5 Å². The lowest BCUT2D eigenvalue weighted by Gasteiger charge is -2.21. The standard InChI is InChI=1S/C13H19N3O2.C2H6/c1-3-5-11(4-2)15-13(16-18)12(17)10-6-8-14-9-7-10;1-2/h3-5,10,14,18H,1-2,6-9H2,(H,15,16);1-2H3/b11-5+;. The highest BCUT2D eigenvalue weighted by molar-refractivity contribution is 6.39. The Morgan fingerprint density at radius 2 is 1.95 bits per heavy atom. The van der Waals surface area contributed by atoms with Gasteiger partial charge in [-0.1, -0.05) is 33.1 Å². The van der Waals surface area contributed by atoms with E-state index in [4.69, 9.17) is 5.21 Å². The molecule has 5 heteroatoms. The van der Waals surface area contributed by atoms with Crippen LogP contribution in [0.3, 0.4) is 0 Å². The van der Waals surface area contributed by atoms with Crippen molar-refractivity contribution in [2.45, 2.75) is 26.7 Å². The predicted octanol–water partition coefficient (Wildman–Crippen LogP) is 2.21. The summed E-state index contributed by atoms with van der Waals surface area (Å²) in [6.07, 6.45) is 6.17. The fourth-order valence-corrected chi connectivity index (χ4v) is 1.81. The second-order valence-electron chi connectivity index (χ2n) is 3.99. The van der Waals surface area contributed by atoms with Gasteiger partial charge in [0.1, 0.15) is 0 Å². The lowest BCUT2D eigenvalue weighted by atomic mass is 9.93. The van der Waals surface area contributed by atoms with Crippen molar-refractivity contribution in [2.24, 2.45) is 10.9 Å². The highest BCUT2D eigenvalue weighted by atomic mass is 16.5. The number of hydrogen-bond donors (Lipinski definition) is 3. The van der Waals surface area contributed by atoms with Crippen LogP contribution in [0, 0.1) is 5.92 Å². The molecule has 0 radical (unpaired) electrons. The van der Waals surface area contributed by atoms with E-state index in [2.05, 4.69) is 23.5 Å². The van der Waals surface area contributed by atoms with E-state index in [0.717, 1.165) is 25.9 Å². The van der Waals surface area contributed by atoms with E-state index in [1.165, 1.54) is 6.08 Å². The van der Waals surface area contributed by atoms with Crippen LogP contribution >= 0.6 is 0 Å². The Labute approximate surface area is 121 Å². The molecule has 0 aromatic heterocycles. The maximum Gasteiger partial charge on any atom is 0.203 e. The number of hydrogen-bond acceptors (Lipinski definition) is 4. The summed E-state index contributed by atoms with van der Waals surface area (Å²) in [7, 11) is 0. The number of carbonyl (C=O) groups excluding carboxylic acids is 1. The van der Waals surface area contributed by atoms with Crippen LogP contribution in [0.1, 0.15) is 26.7 Å². The summed E-state index contributed by atoms with van der Waals surface area (Å²) in [5.74, 6) is -0.315. The Morgan fingerprint density at radius 1 is 1.35 bits per heavy atom. The normalized spacial score (nSPS) is 16.8. The number of hydroxylamine groups is 1. The second-order valence-corrected chi connectivity index (χ2v) is 3.99. The Balaban J connectivity index is 0.00000172. The molecular formula is C15H25N3O2. The first-order valence-electron chi connectivity index (χ1n) is 6.91. The zero-order valence-electron chi connectivity index (χ0n) is 12.4. The molecule has 0 aromatic rings. The van der Waals surface area contributed by atoms with Gasteiger partial charge in [0.2, 0.25) is 5.78 Å². The number of carbonyl (C=O) groups is 1. The fourth-order valence-electron chi connectivity index (χ4n) is 1.81. The number of rotatable bonds is 5. The quantitative estimate of drug-likeness (QED) is 0.312. The van der Waals surface area contributed by atoms with Gasteiger partial charge in [0.15, 0.2) is 5.84 Å². The van der Waals surface area contributed by atoms with Crippen molar-refractivity contribution in [2.75, 3.05) is 13.1 Å². The Kier molecular flexibility index (Phi) is 10.2. The number of piperidine rings is 1. The minimum absolute atomic E-state index is 0.0464. The van der Waals surface area contributed by atoms with Crippen molar-refractivity contribution in [3.63, 3.8) is 0 Å². The summed E-state index contributed by atoms with van der Waals surface area (Å²) in [6, 6.07) is 0. The molecule has 112 valence electrons. The van der Waals surface area contributed by atoms with Crippen LogP contribution in [0.5, 0.6) is 0 Å². The molecule has 0 atom stereocenters. The Bertz CT molecular complexity index is 381. The monoisotopic (exact) mass is 279 g/mol. The molecule has 20 heavy (non-hydrogen) atoms. The lowest BCUT2D eigenvalue weighted by molar-refractivity contribution is -0.117. The average molecular weight is 279 g/mol. The molecule has 5 nitrogen and oxygen atoms in total. The average Bonchev–Trinajstić information content (AvgIpc) is 2.53. The number of nitrogens with zero attached hydrogens (tertiary/aromatic N) is 1. The number of aliphatic imine (C=N–C) groups is 1. The predicted molar refractivity (Wildman–Crippen MR) is 82.8 cm³/mol. The first kappa shape index (κ1) is 18.3. The van der Waals surface area contributed by atoms with E-state index >= 15 is 0 Å². The molecule has 3 N–H and O–H groups in total. The first-order chi connectivity index (χ1) is 9.72. The van der Waals surface area contributed by atoms with Gasteiger partial charge in [-0.15, -0.1) is 0 Å². The molecule has 1 aliphatic rings. The van der Waals surface area contributed by atoms with E-state index in [1.54, 1.807) is 12.2 Å². The molecule has 0 aromatic carbocycles. The van der Waals surface area contributed by atoms with Crippen LogP contribution in [0.25, 0.3) is 0 Å². The van der Waals surface area contributed by atoms with Gasteiger partial charge in [0.05, 0.1) is 5.70 Å². The molecule has 1 saturated heterocycles. The maximum absolute atomic E-state index is 12.1. The Morgan fingerprint density at radius 3 is 2.40 bits per heavy atom. The van der Waals surface area contributed by atoms with Gasteiger partial charge in [-0.05, 0) is 38.1 Å². The molecule has 1 heterocycles. The Hall–Kier alpha value is -1.72. The van der Waals surface area contributed by atoms with Gasteiger partial charge < -0.3 is 5.32 Å². The van der Waals surface area contributed by atoms with Crippen molar-refractivity contribution in [3.05, 3.63) is 37.1 Å². The van der Waals surface area contributed by atoms with E-state index in [0.29, 0.717) is 5.70 Å². The molecule has 0 amide bonds. The summed E-state index contributed by atoms with van der Waals surface area (Å²) in [6.45, 7) is 12.8. The SMILES string of the molecule is C=C/C=C(\C=C)N=C(NO)C(=O)C1CCNCC1.CC. The van der Waals surface area contributed by atoms with E-state index in [9.17, 15) is 4.79 Å². The van der Waals surface area contributed by atoms with Crippen molar-refractivity contribution < 1.29 is 10.0 Å². The summed E-state index contributed by atoms with van der Waals surface area (Å²) in [5, 5.41) is 12.2. The van der Waals surface area contributed by atoms with Crippen molar-refractivity contribution >= 4 is 11.6 Å². The molecule has 0 saturated carbocycles. The summed E-state index contributed by atoms with van der Waals surface area (Å²) >= 11 is 0. The van der Waals surface area contributed by atoms with Crippen LogP contribution in [-0.2, 0) is 4.79 Å². The molecular weight excluding hydrogens is 254 g/mol. The third-order valence-electron chi connectivity index (χ3n) is 2.79. The van der Waals surface area contributed by atoms with Crippen LogP contribution < -0.4 is 10.8 Å². The smallest absolute Gasteiger partial charge is 0.203 e. The van der Waals surface area contributed by atoms with Gasteiger partial charge >= 0.3 is 0 Å². The first-order valence-corrected chi connectivity index (χ1v) is 6.91. The molecule has 1 aliphatic heterocycles. The summed E-state index contributed by atoms with van der Waals surface area (Å²) in [5.41, 5.74) is 2.36. The third kappa shape index (κ3) is 5.95. The zero-order chi connectivity index (χ0) is 15.4. The van der Waals surface area contributed by atoms with Gasteiger partial charge in [0.25, 0.3) is 0 Å². The van der Waals surface area contributed by atoms with Crippen molar-refractivity contribution in [3.8, 4) is 0 Å². The summed E-state index contributed by atoms with van der Waals surface area (Å²) < 4.78 is 0. The van der Waals surface area contributed by atoms with Gasteiger partial charge in [-0.25, -0.2) is 10.5 Å². The van der Waals surface area contributed by atoms with Crippen LogP contribution in [0.4, 0.5) is 0 Å². The van der Waals surface area contributed by atoms with Crippen LogP contribution in [0.2, 0.25) is 0 Å². The van der Waals surface area contributed by atoms with Crippen LogP contribution in [-0.4, -0.2) is 29.9 Å². The third-order valence-corrected chi connectivity index (χ3v) is 2.79. The van der Waals surface area contributed by atoms with Gasteiger partial charge in [0, 0.05) is 5.92 Å². The second kappa shape index (κ2) is 11.1. The van der Waals surface area contributed by atoms with Gasteiger partial charge in [-0.2, -0.15) is 0 Å². The molecule has 1 fully saturated rings. The number of nitrogens with one attached hydrogen (secondary N) is 2. The molecule has 0 bridgehead atoms. The molecule has 1 rings (SSSR count). The van der Waals surface area contributed by atoms with Crippen molar-refractivity contribution in [1.29, 1.82) is 0 Å². The van der Waals surface area contributed by atoms with E-state index < -0.39 is 0 Å².